The summed E-state index contributed by atoms with van der Waals surface area (Å²) in [5.41, 5.74) is 0.960. The molecule has 0 aromatic carbocycles. The SMILES string of the molecule is Cc1cc(S(=O)(=O)NCC2CCN(C(C)C)C2)sc1Br. The van der Waals surface area contributed by atoms with Crippen molar-refractivity contribution in [3.8, 4) is 0 Å². The molecule has 1 aliphatic heterocycles. The maximum atomic E-state index is 12.2. The van der Waals surface area contributed by atoms with E-state index >= 15 is 0 Å². The van der Waals surface area contributed by atoms with Gasteiger partial charge in [0.05, 0.1) is 3.79 Å². The Balaban J connectivity index is 1.94. The number of likely N-dealkylation sites (tertiary alicyclic amines) is 1. The number of hydrogen-bond acceptors (Lipinski definition) is 4. The van der Waals surface area contributed by atoms with Gasteiger partial charge in [0.1, 0.15) is 4.21 Å². The number of rotatable bonds is 5. The summed E-state index contributed by atoms with van der Waals surface area (Å²) in [6.45, 7) is 8.83. The molecule has 1 fully saturated rings. The standard InChI is InChI=1S/C13H21BrN2O2S2/c1-9(2)16-5-4-11(8-16)7-15-20(17,18)12-6-10(3)13(14)19-12/h6,9,11,15H,4-5,7-8H2,1-3H3. The summed E-state index contributed by atoms with van der Waals surface area (Å²) in [5.74, 6) is 0.414. The number of nitrogens with one attached hydrogen (secondary N) is 1. The van der Waals surface area contributed by atoms with Crippen molar-refractivity contribution in [2.75, 3.05) is 19.6 Å². The summed E-state index contributed by atoms with van der Waals surface area (Å²) in [6.07, 6.45) is 1.06. The van der Waals surface area contributed by atoms with E-state index in [2.05, 4.69) is 39.4 Å². The minimum atomic E-state index is -3.37. The van der Waals surface area contributed by atoms with Gasteiger partial charge in [0.15, 0.2) is 0 Å². The van der Waals surface area contributed by atoms with Crippen molar-refractivity contribution in [2.24, 2.45) is 5.92 Å². The molecule has 0 amide bonds. The van der Waals surface area contributed by atoms with Crippen LogP contribution >= 0.6 is 27.3 Å². The summed E-state index contributed by atoms with van der Waals surface area (Å²) in [4.78, 5) is 2.39. The molecule has 114 valence electrons. The van der Waals surface area contributed by atoms with Crippen LogP contribution in [0.25, 0.3) is 0 Å². The zero-order valence-electron chi connectivity index (χ0n) is 12.0. The predicted octanol–water partition coefficient (Wildman–Crippen LogP) is 2.83. The van der Waals surface area contributed by atoms with Crippen molar-refractivity contribution >= 4 is 37.3 Å². The average molecular weight is 381 g/mol. The predicted molar refractivity (Wildman–Crippen MR) is 86.8 cm³/mol. The minimum absolute atomic E-state index is 0.389. The van der Waals surface area contributed by atoms with E-state index in [9.17, 15) is 8.42 Å². The van der Waals surface area contributed by atoms with Crippen molar-refractivity contribution in [3.63, 3.8) is 0 Å². The number of thiophene rings is 1. The number of aryl methyl sites for hydroxylation is 1. The number of hydrogen-bond donors (Lipinski definition) is 1. The first kappa shape index (κ1) is 16.4. The normalized spacial score (nSPS) is 20.9. The zero-order valence-corrected chi connectivity index (χ0v) is 15.2. The van der Waals surface area contributed by atoms with Gasteiger partial charge in [0.25, 0.3) is 0 Å². The third kappa shape index (κ3) is 3.82. The van der Waals surface area contributed by atoms with Gasteiger partial charge in [-0.2, -0.15) is 0 Å². The summed E-state index contributed by atoms with van der Waals surface area (Å²) in [7, 11) is -3.37. The summed E-state index contributed by atoms with van der Waals surface area (Å²) >= 11 is 4.63. The molecule has 0 aliphatic carbocycles. The van der Waals surface area contributed by atoms with E-state index in [-0.39, 0.29) is 0 Å². The molecule has 1 unspecified atom stereocenters. The highest BCUT2D eigenvalue weighted by molar-refractivity contribution is 9.11. The Morgan fingerprint density at radius 2 is 2.25 bits per heavy atom. The molecule has 1 aromatic heterocycles. The molecule has 1 N–H and O–H groups in total. The third-order valence-corrected chi connectivity index (χ3v) is 7.74. The molecule has 0 saturated carbocycles. The molecular weight excluding hydrogens is 360 g/mol. The van der Waals surface area contributed by atoms with E-state index in [4.69, 9.17) is 0 Å². The van der Waals surface area contributed by atoms with Gasteiger partial charge in [-0.15, -0.1) is 11.3 Å². The average Bonchev–Trinajstić information content (AvgIpc) is 2.95. The van der Waals surface area contributed by atoms with E-state index < -0.39 is 10.0 Å². The zero-order chi connectivity index (χ0) is 14.9. The number of nitrogens with zero attached hydrogens (tertiary/aromatic N) is 1. The van der Waals surface area contributed by atoms with Gasteiger partial charge in [-0.25, -0.2) is 13.1 Å². The van der Waals surface area contributed by atoms with E-state index in [0.717, 1.165) is 28.9 Å². The van der Waals surface area contributed by atoms with Gasteiger partial charge in [0.2, 0.25) is 10.0 Å². The Morgan fingerprint density at radius 1 is 1.55 bits per heavy atom. The van der Waals surface area contributed by atoms with Crippen molar-refractivity contribution in [1.29, 1.82) is 0 Å². The second-order valence-electron chi connectivity index (χ2n) is 5.62. The van der Waals surface area contributed by atoms with Crippen LogP contribution in [0.3, 0.4) is 0 Å². The van der Waals surface area contributed by atoms with Crippen LogP contribution < -0.4 is 4.72 Å². The highest BCUT2D eigenvalue weighted by Gasteiger charge is 2.26. The summed E-state index contributed by atoms with van der Waals surface area (Å²) in [6, 6.07) is 2.25. The lowest BCUT2D eigenvalue weighted by Gasteiger charge is -2.20. The van der Waals surface area contributed by atoms with Crippen LogP contribution in [0, 0.1) is 12.8 Å². The quantitative estimate of drug-likeness (QED) is 0.853. The fourth-order valence-electron chi connectivity index (χ4n) is 2.36. The van der Waals surface area contributed by atoms with E-state index in [1.165, 1.54) is 11.3 Å². The molecule has 2 heterocycles. The van der Waals surface area contributed by atoms with Crippen LogP contribution in [-0.4, -0.2) is 39.0 Å². The van der Waals surface area contributed by atoms with E-state index in [0.29, 0.717) is 22.7 Å². The first-order valence-corrected chi connectivity index (χ1v) is 9.88. The monoisotopic (exact) mass is 380 g/mol. The molecule has 7 heteroatoms. The van der Waals surface area contributed by atoms with Gasteiger partial charge in [-0.3, -0.25) is 0 Å². The second-order valence-corrected chi connectivity index (χ2v) is 9.98. The smallest absolute Gasteiger partial charge is 0.250 e. The van der Waals surface area contributed by atoms with Crippen molar-refractivity contribution in [3.05, 3.63) is 15.4 Å². The third-order valence-electron chi connectivity index (χ3n) is 3.71. The molecule has 4 nitrogen and oxygen atoms in total. The van der Waals surface area contributed by atoms with E-state index in [1.54, 1.807) is 6.07 Å². The minimum Gasteiger partial charge on any atom is -0.301 e. The Labute approximate surface area is 133 Å². The maximum absolute atomic E-state index is 12.2. The molecule has 2 rings (SSSR count). The molecule has 0 spiro atoms. The topological polar surface area (TPSA) is 49.4 Å². The van der Waals surface area contributed by atoms with Crippen LogP contribution in [0.5, 0.6) is 0 Å². The Kier molecular flexibility index (Phi) is 5.29. The Bertz CT molecular complexity index is 549. The molecule has 0 bridgehead atoms. The van der Waals surface area contributed by atoms with Gasteiger partial charge < -0.3 is 4.90 Å². The summed E-state index contributed by atoms with van der Waals surface area (Å²) in [5, 5.41) is 0. The summed E-state index contributed by atoms with van der Waals surface area (Å²) < 4.78 is 28.5. The molecule has 1 aromatic rings. The first-order chi connectivity index (χ1) is 9.29. The van der Waals surface area contributed by atoms with Gasteiger partial charge >= 0.3 is 0 Å². The number of halogens is 1. The highest BCUT2D eigenvalue weighted by Crippen LogP contribution is 2.30. The van der Waals surface area contributed by atoms with Crippen LogP contribution in [0.4, 0.5) is 0 Å². The molecule has 20 heavy (non-hydrogen) atoms. The largest absolute Gasteiger partial charge is 0.301 e. The Hall–Kier alpha value is 0.0500. The maximum Gasteiger partial charge on any atom is 0.250 e. The Morgan fingerprint density at radius 3 is 2.75 bits per heavy atom. The van der Waals surface area contributed by atoms with Gasteiger partial charge in [-0.1, -0.05) is 0 Å². The fraction of sp³-hybridized carbons (Fsp3) is 0.692. The molecule has 1 atom stereocenters. The van der Waals surface area contributed by atoms with Crippen LogP contribution in [0.1, 0.15) is 25.8 Å². The van der Waals surface area contributed by atoms with Crippen LogP contribution in [0.2, 0.25) is 0 Å². The van der Waals surface area contributed by atoms with Crippen LogP contribution in [0.15, 0.2) is 14.1 Å². The van der Waals surface area contributed by atoms with Crippen molar-refractivity contribution in [1.82, 2.24) is 9.62 Å². The fourth-order valence-corrected chi connectivity index (χ4v) is 5.75. The lowest BCUT2D eigenvalue weighted by molar-refractivity contribution is 0.265. The molecule has 1 aliphatic rings. The number of sulfonamides is 1. The highest BCUT2D eigenvalue weighted by atomic mass is 79.9. The lowest BCUT2D eigenvalue weighted by Crippen LogP contribution is -2.32. The molecule has 1 saturated heterocycles. The lowest BCUT2D eigenvalue weighted by atomic mass is 10.1. The second kappa shape index (κ2) is 6.44. The molecular formula is C13H21BrN2O2S2. The van der Waals surface area contributed by atoms with Gasteiger partial charge in [-0.05, 0) is 67.2 Å². The van der Waals surface area contributed by atoms with Gasteiger partial charge in [0, 0.05) is 19.1 Å². The first-order valence-electron chi connectivity index (χ1n) is 6.79. The van der Waals surface area contributed by atoms with Crippen LogP contribution in [-0.2, 0) is 10.0 Å². The van der Waals surface area contributed by atoms with E-state index in [1.807, 2.05) is 6.92 Å². The van der Waals surface area contributed by atoms with Crippen molar-refractivity contribution in [2.45, 2.75) is 37.4 Å². The molecule has 0 radical (unpaired) electrons. The van der Waals surface area contributed by atoms with Crippen molar-refractivity contribution < 1.29 is 8.42 Å².